The van der Waals surface area contributed by atoms with Crippen LogP contribution in [0, 0.1) is 0 Å². The van der Waals surface area contributed by atoms with Gasteiger partial charge in [0.2, 0.25) is 5.95 Å². The van der Waals surface area contributed by atoms with E-state index in [1.807, 2.05) is 6.07 Å². The Morgan fingerprint density at radius 3 is 3.00 bits per heavy atom. The Bertz CT molecular complexity index is 621. The summed E-state index contributed by atoms with van der Waals surface area (Å²) >= 11 is 7.63. The van der Waals surface area contributed by atoms with Gasteiger partial charge in [-0.1, -0.05) is 17.7 Å². The van der Waals surface area contributed by atoms with E-state index in [0.29, 0.717) is 18.1 Å². The number of rotatable bonds is 3. The molecule has 0 unspecified atom stereocenters. The fraction of sp³-hybridized carbons (Fsp3) is 0.385. The normalized spacial score (nSPS) is 22.1. The zero-order valence-corrected chi connectivity index (χ0v) is 12.8. The summed E-state index contributed by atoms with van der Waals surface area (Å²) in [4.78, 5) is 9.18. The predicted molar refractivity (Wildman–Crippen MR) is 85.5 cm³/mol. The monoisotopic (exact) mass is 325 g/mol. The van der Waals surface area contributed by atoms with Crippen molar-refractivity contribution < 1.29 is 4.74 Å². The molecule has 3 rings (SSSR count). The minimum absolute atomic E-state index is 0.104. The number of thiophene rings is 1. The molecule has 2 aromatic heterocycles. The summed E-state index contributed by atoms with van der Waals surface area (Å²) < 4.78 is 5.82. The summed E-state index contributed by atoms with van der Waals surface area (Å²) in [5.74, 6) is 0.600. The van der Waals surface area contributed by atoms with E-state index in [0.717, 1.165) is 12.8 Å². The molecule has 0 amide bonds. The van der Waals surface area contributed by atoms with Crippen LogP contribution in [0.5, 0.6) is 0 Å². The summed E-state index contributed by atoms with van der Waals surface area (Å²) in [6, 6.07) is 4.33. The number of anilines is 3. The first kappa shape index (κ1) is 14.4. The quantitative estimate of drug-likeness (QED) is 0.750. The van der Waals surface area contributed by atoms with Crippen molar-refractivity contribution in [1.29, 1.82) is 0 Å². The van der Waals surface area contributed by atoms with Crippen molar-refractivity contribution >= 4 is 40.4 Å². The highest BCUT2D eigenvalue weighted by Crippen LogP contribution is 2.33. The number of nitrogens with zero attached hydrogens (tertiary/aromatic N) is 2. The van der Waals surface area contributed by atoms with Crippen LogP contribution in [0.25, 0.3) is 0 Å². The van der Waals surface area contributed by atoms with E-state index in [1.54, 1.807) is 11.3 Å². The standard InChI is InChI=1S/C13H16ClN5OS/c14-11-10(15)12(19-13(16)18-11)17-7-3-4-20-8(6-7)9-2-1-5-21-9/h1-2,5,7-8H,3-4,6,15H2,(H3,16,17,18,19)/t7-,8-/m1/s1. The largest absolute Gasteiger partial charge is 0.393 e. The molecule has 1 aliphatic heterocycles. The molecule has 21 heavy (non-hydrogen) atoms. The molecule has 1 aliphatic rings. The lowest BCUT2D eigenvalue weighted by Gasteiger charge is -2.30. The van der Waals surface area contributed by atoms with E-state index in [4.69, 9.17) is 27.8 Å². The molecule has 1 fully saturated rings. The van der Waals surface area contributed by atoms with Crippen LogP contribution in [-0.2, 0) is 4.74 Å². The first-order valence-corrected chi connectivity index (χ1v) is 7.89. The zero-order valence-electron chi connectivity index (χ0n) is 11.3. The Morgan fingerprint density at radius 2 is 2.24 bits per heavy atom. The Kier molecular flexibility index (Phi) is 4.14. The minimum Gasteiger partial charge on any atom is -0.393 e. The molecule has 5 N–H and O–H groups in total. The summed E-state index contributed by atoms with van der Waals surface area (Å²) in [5.41, 5.74) is 11.8. The Labute approximate surface area is 131 Å². The molecule has 2 aromatic rings. The molecule has 6 nitrogen and oxygen atoms in total. The van der Waals surface area contributed by atoms with Crippen LogP contribution < -0.4 is 16.8 Å². The van der Waals surface area contributed by atoms with Gasteiger partial charge in [0.25, 0.3) is 0 Å². The Balaban J connectivity index is 1.73. The number of ether oxygens (including phenoxy) is 1. The van der Waals surface area contributed by atoms with Crippen LogP contribution in [0.15, 0.2) is 17.5 Å². The summed E-state index contributed by atoms with van der Waals surface area (Å²) in [5, 5.41) is 5.53. The fourth-order valence-corrected chi connectivity index (χ4v) is 3.33. The molecule has 8 heteroatoms. The van der Waals surface area contributed by atoms with Crippen LogP contribution >= 0.6 is 22.9 Å². The lowest BCUT2D eigenvalue weighted by Crippen LogP contribution is -2.30. The molecule has 0 aliphatic carbocycles. The third-order valence-electron chi connectivity index (χ3n) is 3.40. The summed E-state index contributed by atoms with van der Waals surface area (Å²) in [6.07, 6.45) is 1.83. The third kappa shape index (κ3) is 3.20. The smallest absolute Gasteiger partial charge is 0.223 e. The molecule has 112 valence electrons. The third-order valence-corrected chi connectivity index (χ3v) is 4.65. The molecule has 2 atom stereocenters. The van der Waals surface area contributed by atoms with Crippen molar-refractivity contribution in [3.63, 3.8) is 0 Å². The van der Waals surface area contributed by atoms with Crippen LogP contribution in [0.1, 0.15) is 23.8 Å². The van der Waals surface area contributed by atoms with Gasteiger partial charge in [0.1, 0.15) is 5.69 Å². The first-order chi connectivity index (χ1) is 10.1. The van der Waals surface area contributed by atoms with Crippen molar-refractivity contribution in [2.75, 3.05) is 23.4 Å². The number of nitrogens with two attached hydrogens (primary N) is 2. The van der Waals surface area contributed by atoms with Crippen molar-refractivity contribution in [3.05, 3.63) is 27.5 Å². The van der Waals surface area contributed by atoms with Crippen molar-refractivity contribution in [3.8, 4) is 0 Å². The van der Waals surface area contributed by atoms with Crippen molar-refractivity contribution in [2.24, 2.45) is 0 Å². The van der Waals surface area contributed by atoms with E-state index >= 15 is 0 Å². The van der Waals surface area contributed by atoms with Gasteiger partial charge >= 0.3 is 0 Å². The van der Waals surface area contributed by atoms with Crippen LogP contribution in [0.2, 0.25) is 5.15 Å². The van der Waals surface area contributed by atoms with Gasteiger partial charge in [-0.3, -0.25) is 0 Å². The van der Waals surface area contributed by atoms with Gasteiger partial charge in [-0.25, -0.2) is 0 Å². The maximum atomic E-state index is 5.93. The maximum Gasteiger partial charge on any atom is 0.223 e. The van der Waals surface area contributed by atoms with Gasteiger partial charge in [-0.05, 0) is 24.3 Å². The summed E-state index contributed by atoms with van der Waals surface area (Å²) in [6.45, 7) is 0.689. The average molecular weight is 326 g/mol. The number of nitrogen functional groups attached to an aromatic ring is 2. The molecular weight excluding hydrogens is 310 g/mol. The van der Waals surface area contributed by atoms with E-state index in [9.17, 15) is 0 Å². The molecule has 1 saturated heterocycles. The second-order valence-corrected chi connectivity index (χ2v) is 6.21. The molecule has 0 saturated carbocycles. The molecule has 0 spiro atoms. The second kappa shape index (κ2) is 6.05. The summed E-state index contributed by atoms with van der Waals surface area (Å²) in [7, 11) is 0. The number of halogens is 1. The lowest BCUT2D eigenvalue weighted by atomic mass is 10.0. The van der Waals surface area contributed by atoms with Crippen molar-refractivity contribution in [2.45, 2.75) is 25.0 Å². The molecule has 0 bridgehead atoms. The SMILES string of the molecule is Nc1nc(Cl)c(N)c(N[C@@H]2CCO[C@@H](c3cccs3)C2)n1. The topological polar surface area (TPSA) is 99.1 Å². The van der Waals surface area contributed by atoms with Crippen molar-refractivity contribution in [1.82, 2.24) is 9.97 Å². The number of nitrogens with one attached hydrogen (secondary N) is 1. The average Bonchev–Trinajstić information content (AvgIpc) is 2.99. The highest BCUT2D eigenvalue weighted by Gasteiger charge is 2.25. The lowest BCUT2D eigenvalue weighted by molar-refractivity contribution is 0.0120. The van der Waals surface area contributed by atoms with Gasteiger partial charge in [0.15, 0.2) is 11.0 Å². The zero-order chi connectivity index (χ0) is 14.8. The predicted octanol–water partition coefficient (Wildman–Crippen LogP) is 2.69. The van der Waals surface area contributed by atoms with E-state index in [1.165, 1.54) is 4.88 Å². The second-order valence-electron chi connectivity index (χ2n) is 4.88. The Morgan fingerprint density at radius 1 is 1.38 bits per heavy atom. The number of aromatic nitrogens is 2. The van der Waals surface area contributed by atoms with Gasteiger partial charge in [-0.2, -0.15) is 9.97 Å². The molecular formula is C13H16ClN5OS. The van der Waals surface area contributed by atoms with E-state index < -0.39 is 0 Å². The minimum atomic E-state index is 0.104. The van der Waals surface area contributed by atoms with Crippen LogP contribution in [0.3, 0.4) is 0 Å². The maximum absolute atomic E-state index is 5.93. The molecule has 3 heterocycles. The fourth-order valence-electron chi connectivity index (χ4n) is 2.36. The highest BCUT2D eigenvalue weighted by atomic mass is 35.5. The van der Waals surface area contributed by atoms with E-state index in [-0.39, 0.29) is 23.2 Å². The van der Waals surface area contributed by atoms with Gasteiger partial charge in [0.05, 0.1) is 6.10 Å². The highest BCUT2D eigenvalue weighted by molar-refractivity contribution is 7.10. The van der Waals surface area contributed by atoms with Crippen LogP contribution in [-0.4, -0.2) is 22.6 Å². The molecule has 0 radical (unpaired) electrons. The Hall–Kier alpha value is -1.57. The molecule has 0 aromatic carbocycles. The van der Waals surface area contributed by atoms with Crippen LogP contribution in [0.4, 0.5) is 17.5 Å². The van der Waals surface area contributed by atoms with Gasteiger partial charge in [0, 0.05) is 17.5 Å². The van der Waals surface area contributed by atoms with E-state index in [2.05, 4.69) is 26.7 Å². The van der Waals surface area contributed by atoms with Gasteiger partial charge in [-0.15, -0.1) is 11.3 Å². The number of hydrogen-bond donors (Lipinski definition) is 3. The number of hydrogen-bond acceptors (Lipinski definition) is 7. The van der Waals surface area contributed by atoms with Gasteiger partial charge < -0.3 is 21.5 Å². The first-order valence-electron chi connectivity index (χ1n) is 6.63.